The standard InChI is InChI=1S/C22H27N5.HI/c1-23-22(25-13-8-15-27-16-14-24-18-27)26-17-21(19-9-4-2-5-10-19)20-11-6-3-7-12-20;/h2-7,9-12,14,16,18,21H,8,13,15,17H2,1H3,(H2,23,25,26);1H. The smallest absolute Gasteiger partial charge is 0.191 e. The molecule has 3 aromatic rings. The number of guanidine groups is 1. The lowest BCUT2D eigenvalue weighted by atomic mass is 9.91. The largest absolute Gasteiger partial charge is 0.356 e. The van der Waals surface area contributed by atoms with E-state index in [1.54, 1.807) is 6.20 Å². The molecule has 0 spiro atoms. The van der Waals surface area contributed by atoms with Gasteiger partial charge < -0.3 is 15.2 Å². The Morgan fingerprint density at radius 1 is 1.00 bits per heavy atom. The maximum absolute atomic E-state index is 4.36. The van der Waals surface area contributed by atoms with Gasteiger partial charge in [-0.25, -0.2) is 4.98 Å². The summed E-state index contributed by atoms with van der Waals surface area (Å²) in [7, 11) is 1.81. The van der Waals surface area contributed by atoms with E-state index in [0.29, 0.717) is 0 Å². The molecule has 0 amide bonds. The second kappa shape index (κ2) is 12.2. The summed E-state index contributed by atoms with van der Waals surface area (Å²) < 4.78 is 2.08. The van der Waals surface area contributed by atoms with E-state index in [1.807, 2.05) is 19.6 Å². The van der Waals surface area contributed by atoms with Gasteiger partial charge in [-0.1, -0.05) is 60.7 Å². The third-order valence-electron chi connectivity index (χ3n) is 4.55. The topological polar surface area (TPSA) is 54.2 Å². The van der Waals surface area contributed by atoms with Gasteiger partial charge in [-0.05, 0) is 17.5 Å². The van der Waals surface area contributed by atoms with Gasteiger partial charge in [0.25, 0.3) is 0 Å². The average molecular weight is 489 g/mol. The lowest BCUT2D eigenvalue weighted by Crippen LogP contribution is -2.40. The monoisotopic (exact) mass is 489 g/mol. The van der Waals surface area contributed by atoms with Crippen molar-refractivity contribution in [3.63, 3.8) is 0 Å². The maximum Gasteiger partial charge on any atom is 0.191 e. The van der Waals surface area contributed by atoms with Crippen LogP contribution in [-0.2, 0) is 6.54 Å². The van der Waals surface area contributed by atoms with Crippen LogP contribution in [0.4, 0.5) is 0 Å². The minimum atomic E-state index is 0. The summed E-state index contributed by atoms with van der Waals surface area (Å²) in [5.74, 6) is 1.11. The molecule has 0 aliphatic carbocycles. The molecule has 2 N–H and O–H groups in total. The maximum atomic E-state index is 4.36. The molecule has 28 heavy (non-hydrogen) atoms. The second-order valence-electron chi connectivity index (χ2n) is 6.41. The van der Waals surface area contributed by atoms with Crippen molar-refractivity contribution in [3.8, 4) is 0 Å². The van der Waals surface area contributed by atoms with Gasteiger partial charge in [-0.15, -0.1) is 24.0 Å². The fraction of sp³-hybridized carbons (Fsp3) is 0.273. The number of aryl methyl sites for hydroxylation is 1. The number of aromatic nitrogens is 2. The minimum absolute atomic E-state index is 0. The molecule has 1 heterocycles. The highest BCUT2D eigenvalue weighted by Gasteiger charge is 2.14. The molecule has 0 unspecified atom stereocenters. The first kappa shape index (κ1) is 21.9. The quantitative estimate of drug-likeness (QED) is 0.219. The molecule has 0 atom stereocenters. The molecule has 0 bridgehead atoms. The Bertz CT molecular complexity index is 764. The Morgan fingerprint density at radius 2 is 1.64 bits per heavy atom. The predicted octanol–water partition coefficient (Wildman–Crippen LogP) is 3.89. The molecule has 6 heteroatoms. The van der Waals surface area contributed by atoms with Gasteiger partial charge in [-0.3, -0.25) is 4.99 Å². The molecule has 1 aromatic heterocycles. The van der Waals surface area contributed by atoms with Crippen LogP contribution in [0.25, 0.3) is 0 Å². The van der Waals surface area contributed by atoms with E-state index in [1.165, 1.54) is 11.1 Å². The second-order valence-corrected chi connectivity index (χ2v) is 6.41. The van der Waals surface area contributed by atoms with Crippen LogP contribution in [0.1, 0.15) is 23.5 Å². The zero-order valence-electron chi connectivity index (χ0n) is 16.2. The van der Waals surface area contributed by atoms with E-state index >= 15 is 0 Å². The molecule has 2 aromatic carbocycles. The van der Waals surface area contributed by atoms with Crippen LogP contribution in [0, 0.1) is 0 Å². The molecule has 0 aliphatic rings. The summed E-state index contributed by atoms with van der Waals surface area (Å²) in [5, 5.41) is 6.88. The highest BCUT2D eigenvalue weighted by atomic mass is 127. The number of nitrogens with zero attached hydrogens (tertiary/aromatic N) is 3. The Kier molecular flexibility index (Phi) is 9.54. The third kappa shape index (κ3) is 6.67. The molecule has 5 nitrogen and oxygen atoms in total. The van der Waals surface area contributed by atoms with Crippen LogP contribution in [0.5, 0.6) is 0 Å². The predicted molar refractivity (Wildman–Crippen MR) is 126 cm³/mol. The Balaban J connectivity index is 0.00000280. The molecule has 0 saturated carbocycles. The molecule has 0 radical (unpaired) electrons. The van der Waals surface area contributed by atoms with Gasteiger partial charge in [-0.2, -0.15) is 0 Å². The SMILES string of the molecule is CN=C(NCCCn1ccnc1)NCC(c1ccccc1)c1ccccc1.I. The number of hydrogen-bond donors (Lipinski definition) is 2. The highest BCUT2D eigenvalue weighted by molar-refractivity contribution is 14.0. The highest BCUT2D eigenvalue weighted by Crippen LogP contribution is 2.23. The minimum Gasteiger partial charge on any atom is -0.356 e. The Hall–Kier alpha value is -2.35. The van der Waals surface area contributed by atoms with Gasteiger partial charge in [0.1, 0.15) is 0 Å². The number of aliphatic imine (C=N–C) groups is 1. The molecule has 3 rings (SSSR count). The van der Waals surface area contributed by atoms with Crippen LogP contribution in [0.3, 0.4) is 0 Å². The van der Waals surface area contributed by atoms with E-state index in [-0.39, 0.29) is 29.9 Å². The summed E-state index contributed by atoms with van der Waals surface area (Å²) in [5.41, 5.74) is 2.60. The van der Waals surface area contributed by atoms with E-state index in [0.717, 1.165) is 32.0 Å². The van der Waals surface area contributed by atoms with E-state index in [9.17, 15) is 0 Å². The number of benzene rings is 2. The van der Waals surface area contributed by atoms with Crippen LogP contribution in [0.2, 0.25) is 0 Å². The summed E-state index contributed by atoms with van der Waals surface area (Å²) in [4.78, 5) is 8.42. The van der Waals surface area contributed by atoms with Crippen molar-refractivity contribution >= 4 is 29.9 Å². The fourth-order valence-corrected chi connectivity index (χ4v) is 3.11. The third-order valence-corrected chi connectivity index (χ3v) is 4.55. The lowest BCUT2D eigenvalue weighted by molar-refractivity contribution is 0.622. The van der Waals surface area contributed by atoms with Gasteiger partial charge in [0.15, 0.2) is 5.96 Å². The first-order chi connectivity index (χ1) is 13.4. The molecule has 0 saturated heterocycles. The van der Waals surface area contributed by atoms with Gasteiger partial charge in [0.2, 0.25) is 0 Å². The van der Waals surface area contributed by atoms with Gasteiger partial charge in [0.05, 0.1) is 6.33 Å². The molecule has 148 valence electrons. The molecule has 0 aliphatic heterocycles. The molecular weight excluding hydrogens is 461 g/mol. The average Bonchev–Trinajstić information content (AvgIpc) is 3.25. The molecule has 0 fully saturated rings. The van der Waals surface area contributed by atoms with E-state index < -0.39 is 0 Å². The summed E-state index contributed by atoms with van der Waals surface area (Å²) in [6.45, 7) is 2.59. The number of hydrogen-bond acceptors (Lipinski definition) is 2. The Labute approximate surface area is 184 Å². The first-order valence-corrected chi connectivity index (χ1v) is 9.37. The van der Waals surface area contributed by atoms with Crippen molar-refractivity contribution in [3.05, 3.63) is 90.5 Å². The zero-order valence-corrected chi connectivity index (χ0v) is 18.5. The summed E-state index contributed by atoms with van der Waals surface area (Å²) >= 11 is 0. The fourth-order valence-electron chi connectivity index (χ4n) is 3.11. The number of halogens is 1. The normalized spacial score (nSPS) is 11.1. The van der Waals surface area contributed by atoms with Crippen LogP contribution in [0.15, 0.2) is 84.4 Å². The van der Waals surface area contributed by atoms with Crippen molar-refractivity contribution < 1.29 is 0 Å². The van der Waals surface area contributed by atoms with Crippen LogP contribution >= 0.6 is 24.0 Å². The van der Waals surface area contributed by atoms with Crippen molar-refractivity contribution in [1.82, 2.24) is 20.2 Å². The van der Waals surface area contributed by atoms with Crippen molar-refractivity contribution in [2.45, 2.75) is 18.9 Å². The van der Waals surface area contributed by atoms with Crippen LogP contribution < -0.4 is 10.6 Å². The van der Waals surface area contributed by atoms with Crippen molar-refractivity contribution in [1.29, 1.82) is 0 Å². The Morgan fingerprint density at radius 3 is 2.18 bits per heavy atom. The first-order valence-electron chi connectivity index (χ1n) is 9.37. The van der Waals surface area contributed by atoms with Gasteiger partial charge in [0, 0.05) is 45.0 Å². The van der Waals surface area contributed by atoms with Crippen molar-refractivity contribution in [2.24, 2.45) is 4.99 Å². The number of imidazole rings is 1. The van der Waals surface area contributed by atoms with Crippen LogP contribution in [-0.4, -0.2) is 35.6 Å². The van der Waals surface area contributed by atoms with E-state index in [2.05, 4.69) is 85.8 Å². The lowest BCUT2D eigenvalue weighted by Gasteiger charge is -2.20. The van der Waals surface area contributed by atoms with Crippen molar-refractivity contribution in [2.75, 3.05) is 20.1 Å². The zero-order chi connectivity index (χ0) is 18.7. The summed E-state index contributed by atoms with van der Waals surface area (Å²) in [6.07, 6.45) is 6.65. The number of nitrogens with one attached hydrogen (secondary N) is 2. The van der Waals surface area contributed by atoms with Gasteiger partial charge >= 0.3 is 0 Å². The summed E-state index contributed by atoms with van der Waals surface area (Å²) in [6, 6.07) is 21.2. The van der Waals surface area contributed by atoms with E-state index in [4.69, 9.17) is 0 Å². The number of rotatable bonds is 8. The molecular formula is C22H28IN5.